The zero-order chi connectivity index (χ0) is 14.4. The Bertz CT molecular complexity index is 510. The van der Waals surface area contributed by atoms with Gasteiger partial charge < -0.3 is 20.3 Å². The molecule has 0 heterocycles. The number of carbonyl (C=O) groups is 2. The second-order valence-electron chi connectivity index (χ2n) is 3.83. The molecular weight excluding hydrogens is 250 g/mol. The third-order valence-corrected chi connectivity index (χ3v) is 2.38. The van der Waals surface area contributed by atoms with Crippen LogP contribution in [0.25, 0.3) is 6.08 Å². The third kappa shape index (κ3) is 4.34. The number of hydrogen-bond donors (Lipinski definition) is 3. The summed E-state index contributed by atoms with van der Waals surface area (Å²) in [6, 6.07) is 3.66. The number of aromatic hydroxyl groups is 1. The van der Waals surface area contributed by atoms with E-state index in [2.05, 4.69) is 5.32 Å². The first kappa shape index (κ1) is 14.6. The molecule has 0 aliphatic carbocycles. The molecule has 1 atom stereocenters. The molecule has 6 heteroatoms. The smallest absolute Gasteiger partial charge is 0.325 e. The Morgan fingerprint density at radius 1 is 1.42 bits per heavy atom. The Morgan fingerprint density at radius 3 is 2.63 bits per heavy atom. The molecule has 1 unspecified atom stereocenters. The predicted octanol–water partition coefficient (Wildman–Crippen LogP) is 1.00. The average Bonchev–Trinajstić information content (AvgIpc) is 2.36. The van der Waals surface area contributed by atoms with Gasteiger partial charge in [-0.3, -0.25) is 9.59 Å². The van der Waals surface area contributed by atoms with Crippen LogP contribution in [0.2, 0.25) is 0 Å². The molecule has 102 valence electrons. The van der Waals surface area contributed by atoms with Crippen LogP contribution in [0.1, 0.15) is 12.5 Å². The standard InChI is InChI=1S/C13H15NO5/c1-8(13(17)18)14-12(16)6-4-9-3-5-10(19-2)7-11(9)15/h3-8,15H,1-2H3,(H,14,16)(H,17,18)/b6-4+. The minimum atomic E-state index is -1.12. The summed E-state index contributed by atoms with van der Waals surface area (Å²) in [6.45, 7) is 1.36. The lowest BCUT2D eigenvalue weighted by atomic mass is 10.1. The van der Waals surface area contributed by atoms with Crippen molar-refractivity contribution in [3.05, 3.63) is 29.8 Å². The van der Waals surface area contributed by atoms with Crippen LogP contribution in [-0.2, 0) is 9.59 Å². The fourth-order valence-corrected chi connectivity index (χ4v) is 1.28. The van der Waals surface area contributed by atoms with E-state index < -0.39 is 17.9 Å². The van der Waals surface area contributed by atoms with Gasteiger partial charge in [-0.25, -0.2) is 0 Å². The summed E-state index contributed by atoms with van der Waals surface area (Å²) < 4.78 is 4.93. The van der Waals surface area contributed by atoms with E-state index in [1.54, 1.807) is 12.1 Å². The highest BCUT2D eigenvalue weighted by Crippen LogP contribution is 2.24. The molecule has 3 N–H and O–H groups in total. The number of hydrogen-bond acceptors (Lipinski definition) is 4. The minimum absolute atomic E-state index is 0.0327. The molecule has 0 aromatic heterocycles. The molecule has 1 aromatic carbocycles. The SMILES string of the molecule is COc1ccc(/C=C/C(=O)NC(C)C(=O)O)c(O)c1. The Balaban J connectivity index is 2.71. The number of aliphatic carboxylic acids is 1. The van der Waals surface area contributed by atoms with E-state index >= 15 is 0 Å². The quantitative estimate of drug-likeness (QED) is 0.690. The van der Waals surface area contributed by atoms with Gasteiger partial charge in [-0.1, -0.05) is 0 Å². The largest absolute Gasteiger partial charge is 0.507 e. The number of phenols is 1. The maximum atomic E-state index is 11.4. The van der Waals surface area contributed by atoms with Gasteiger partial charge in [-0.2, -0.15) is 0 Å². The van der Waals surface area contributed by atoms with Crippen LogP contribution >= 0.6 is 0 Å². The zero-order valence-electron chi connectivity index (χ0n) is 10.6. The molecule has 1 amide bonds. The first-order valence-corrected chi connectivity index (χ1v) is 5.52. The molecule has 0 fully saturated rings. The van der Waals surface area contributed by atoms with Crippen LogP contribution in [-0.4, -0.2) is 35.2 Å². The monoisotopic (exact) mass is 265 g/mol. The van der Waals surface area contributed by atoms with E-state index in [0.29, 0.717) is 11.3 Å². The maximum Gasteiger partial charge on any atom is 0.325 e. The van der Waals surface area contributed by atoms with Crippen molar-refractivity contribution in [2.24, 2.45) is 0 Å². The fourth-order valence-electron chi connectivity index (χ4n) is 1.28. The Morgan fingerprint density at radius 2 is 2.11 bits per heavy atom. The third-order valence-electron chi connectivity index (χ3n) is 2.38. The number of nitrogens with one attached hydrogen (secondary N) is 1. The molecule has 6 nitrogen and oxygen atoms in total. The van der Waals surface area contributed by atoms with E-state index in [9.17, 15) is 14.7 Å². The second-order valence-corrected chi connectivity index (χ2v) is 3.83. The fraction of sp³-hybridized carbons (Fsp3) is 0.231. The summed E-state index contributed by atoms with van der Waals surface area (Å²) >= 11 is 0. The number of methoxy groups -OCH3 is 1. The van der Waals surface area contributed by atoms with Crippen molar-refractivity contribution < 1.29 is 24.5 Å². The lowest BCUT2D eigenvalue weighted by molar-refractivity contribution is -0.140. The van der Waals surface area contributed by atoms with Gasteiger partial charge in [-0.15, -0.1) is 0 Å². The van der Waals surface area contributed by atoms with Gasteiger partial charge in [0.15, 0.2) is 0 Å². The van der Waals surface area contributed by atoms with Crippen molar-refractivity contribution in [3.8, 4) is 11.5 Å². The molecule has 1 rings (SSSR count). The molecule has 0 bridgehead atoms. The van der Waals surface area contributed by atoms with Crippen molar-refractivity contribution in [2.45, 2.75) is 13.0 Å². The van der Waals surface area contributed by atoms with Crippen LogP contribution in [0.4, 0.5) is 0 Å². The maximum absolute atomic E-state index is 11.4. The summed E-state index contributed by atoms with van der Waals surface area (Å²) in [5.74, 6) is -1.20. The van der Waals surface area contributed by atoms with Crippen LogP contribution < -0.4 is 10.1 Å². The van der Waals surface area contributed by atoms with Gasteiger partial charge in [0.25, 0.3) is 0 Å². The highest BCUT2D eigenvalue weighted by molar-refractivity contribution is 5.94. The molecule has 0 radical (unpaired) electrons. The minimum Gasteiger partial charge on any atom is -0.507 e. The van der Waals surface area contributed by atoms with E-state index in [1.807, 2.05) is 0 Å². The van der Waals surface area contributed by atoms with Gasteiger partial charge >= 0.3 is 5.97 Å². The Labute approximate surface area is 110 Å². The van der Waals surface area contributed by atoms with E-state index in [0.717, 1.165) is 6.08 Å². The van der Waals surface area contributed by atoms with Crippen molar-refractivity contribution in [1.29, 1.82) is 0 Å². The highest BCUT2D eigenvalue weighted by Gasteiger charge is 2.11. The Kier molecular flexibility index (Phi) is 4.93. The number of rotatable bonds is 5. The lowest BCUT2D eigenvalue weighted by Gasteiger charge is -2.06. The van der Waals surface area contributed by atoms with E-state index in [4.69, 9.17) is 9.84 Å². The summed E-state index contributed by atoms with van der Waals surface area (Å²) in [6.07, 6.45) is 2.54. The summed E-state index contributed by atoms with van der Waals surface area (Å²) in [5.41, 5.74) is 0.430. The second kappa shape index (κ2) is 6.44. The highest BCUT2D eigenvalue weighted by atomic mass is 16.5. The predicted molar refractivity (Wildman–Crippen MR) is 68.9 cm³/mol. The van der Waals surface area contributed by atoms with Crippen LogP contribution in [0.3, 0.4) is 0 Å². The molecule has 19 heavy (non-hydrogen) atoms. The molecule has 0 aliphatic heterocycles. The van der Waals surface area contributed by atoms with Crippen molar-refractivity contribution in [2.75, 3.05) is 7.11 Å². The Hall–Kier alpha value is -2.50. The van der Waals surface area contributed by atoms with Crippen molar-refractivity contribution in [3.63, 3.8) is 0 Å². The normalized spacial score (nSPS) is 12.1. The molecule has 0 spiro atoms. The molecule has 0 saturated carbocycles. The van der Waals surface area contributed by atoms with Crippen molar-refractivity contribution >= 4 is 18.0 Å². The number of benzene rings is 1. The molecular formula is C13H15NO5. The van der Waals surface area contributed by atoms with Gasteiger partial charge in [0.05, 0.1) is 7.11 Å². The number of ether oxygens (including phenoxy) is 1. The summed E-state index contributed by atoms with van der Waals surface area (Å²) in [7, 11) is 1.48. The zero-order valence-corrected chi connectivity index (χ0v) is 10.6. The van der Waals surface area contributed by atoms with Crippen LogP contribution in [0.5, 0.6) is 11.5 Å². The van der Waals surface area contributed by atoms with E-state index in [-0.39, 0.29) is 5.75 Å². The summed E-state index contributed by atoms with van der Waals surface area (Å²) in [4.78, 5) is 21.9. The number of carboxylic acid groups (broad SMARTS) is 1. The lowest BCUT2D eigenvalue weighted by Crippen LogP contribution is -2.37. The van der Waals surface area contributed by atoms with Crippen LogP contribution in [0, 0.1) is 0 Å². The number of carboxylic acids is 1. The topological polar surface area (TPSA) is 95.9 Å². The summed E-state index contributed by atoms with van der Waals surface area (Å²) in [5, 5.41) is 20.5. The van der Waals surface area contributed by atoms with Gasteiger partial charge in [0.2, 0.25) is 5.91 Å². The van der Waals surface area contributed by atoms with Gasteiger partial charge in [-0.05, 0) is 25.1 Å². The van der Waals surface area contributed by atoms with Crippen LogP contribution in [0.15, 0.2) is 24.3 Å². The van der Waals surface area contributed by atoms with E-state index in [1.165, 1.54) is 26.2 Å². The number of amides is 1. The average molecular weight is 265 g/mol. The van der Waals surface area contributed by atoms with Gasteiger partial charge in [0, 0.05) is 17.7 Å². The first-order valence-electron chi connectivity index (χ1n) is 5.52. The van der Waals surface area contributed by atoms with Gasteiger partial charge in [0.1, 0.15) is 17.5 Å². The molecule has 0 saturated heterocycles. The number of phenolic OH excluding ortho intramolecular Hbond substituents is 1. The van der Waals surface area contributed by atoms with Crippen molar-refractivity contribution in [1.82, 2.24) is 5.32 Å². The first-order chi connectivity index (χ1) is 8.93. The number of carbonyl (C=O) groups excluding carboxylic acids is 1. The molecule has 1 aromatic rings. The molecule has 0 aliphatic rings.